The summed E-state index contributed by atoms with van der Waals surface area (Å²) >= 11 is 0. The van der Waals surface area contributed by atoms with Crippen LogP contribution in [0.15, 0.2) is 78.9 Å². The van der Waals surface area contributed by atoms with Crippen molar-refractivity contribution in [2.24, 2.45) is 0 Å². The number of aryl methyl sites for hydroxylation is 1. The van der Waals surface area contributed by atoms with E-state index in [2.05, 4.69) is 22.3 Å². The Labute approximate surface area is 188 Å². The number of phenols is 1. The summed E-state index contributed by atoms with van der Waals surface area (Å²) in [4.78, 5) is 29.2. The minimum atomic E-state index is -0.198. The van der Waals surface area contributed by atoms with Crippen LogP contribution in [0.2, 0.25) is 0 Å². The molecule has 0 spiro atoms. The van der Waals surface area contributed by atoms with E-state index in [0.717, 1.165) is 25.2 Å². The number of rotatable bonds is 6. The molecule has 2 N–H and O–H groups in total. The zero-order valence-electron chi connectivity index (χ0n) is 17.9. The van der Waals surface area contributed by atoms with Crippen LogP contribution in [0.5, 0.6) is 5.75 Å². The van der Waals surface area contributed by atoms with E-state index in [9.17, 15) is 14.7 Å². The van der Waals surface area contributed by atoms with Crippen LogP contribution in [0.3, 0.4) is 0 Å². The maximum atomic E-state index is 12.6. The summed E-state index contributed by atoms with van der Waals surface area (Å²) in [6.07, 6.45) is 1.31. The van der Waals surface area contributed by atoms with Gasteiger partial charge in [-0.15, -0.1) is 0 Å². The van der Waals surface area contributed by atoms with Gasteiger partial charge in [-0.05, 0) is 60.5 Å². The van der Waals surface area contributed by atoms with Crippen molar-refractivity contribution in [3.05, 3.63) is 90.0 Å². The number of carbonyl (C=O) groups is 2. The van der Waals surface area contributed by atoms with E-state index in [-0.39, 0.29) is 17.6 Å². The Morgan fingerprint density at radius 3 is 2.12 bits per heavy atom. The van der Waals surface area contributed by atoms with Crippen molar-refractivity contribution in [3.63, 3.8) is 0 Å². The fraction of sp³-hybridized carbons (Fsp3) is 0.231. The molecule has 2 amide bonds. The van der Waals surface area contributed by atoms with Gasteiger partial charge in [-0.25, -0.2) is 0 Å². The first-order chi connectivity index (χ1) is 15.6. The van der Waals surface area contributed by atoms with Gasteiger partial charge in [0.1, 0.15) is 5.75 Å². The second-order valence-electron chi connectivity index (χ2n) is 7.90. The van der Waals surface area contributed by atoms with E-state index < -0.39 is 0 Å². The third-order valence-electron chi connectivity index (χ3n) is 5.72. The lowest BCUT2D eigenvalue weighted by molar-refractivity contribution is -0.131. The van der Waals surface area contributed by atoms with E-state index in [4.69, 9.17) is 0 Å². The summed E-state index contributed by atoms with van der Waals surface area (Å²) < 4.78 is 0. The van der Waals surface area contributed by atoms with E-state index >= 15 is 0 Å². The molecule has 3 aromatic rings. The average Bonchev–Trinajstić information content (AvgIpc) is 2.85. The molecule has 1 aliphatic rings. The fourth-order valence-corrected chi connectivity index (χ4v) is 3.84. The summed E-state index contributed by atoms with van der Waals surface area (Å²) in [5.74, 6) is 0.163. The van der Waals surface area contributed by atoms with Crippen LogP contribution in [0.4, 0.5) is 11.4 Å². The van der Waals surface area contributed by atoms with E-state index in [1.165, 1.54) is 17.7 Å². The SMILES string of the molecule is O=C(Nc1ccc(O)cc1)c1ccc(N2CCN(C(=O)CCc3ccccc3)CC2)cc1. The molecule has 32 heavy (non-hydrogen) atoms. The highest BCUT2D eigenvalue weighted by Crippen LogP contribution is 2.20. The number of anilines is 2. The number of carbonyl (C=O) groups excluding carboxylic acids is 2. The summed E-state index contributed by atoms with van der Waals surface area (Å²) in [6, 6.07) is 24.0. The predicted octanol–water partition coefficient (Wildman–Crippen LogP) is 3.93. The van der Waals surface area contributed by atoms with Gasteiger partial charge in [0.2, 0.25) is 5.91 Å². The Morgan fingerprint density at radius 2 is 1.47 bits per heavy atom. The maximum absolute atomic E-state index is 12.6. The van der Waals surface area contributed by atoms with Crippen molar-refractivity contribution in [2.45, 2.75) is 12.8 Å². The highest BCUT2D eigenvalue weighted by atomic mass is 16.3. The number of hydrogen-bond donors (Lipinski definition) is 2. The van der Waals surface area contributed by atoms with Crippen LogP contribution in [0.25, 0.3) is 0 Å². The first kappa shape index (κ1) is 21.4. The van der Waals surface area contributed by atoms with Crippen LogP contribution in [-0.4, -0.2) is 48.0 Å². The van der Waals surface area contributed by atoms with Gasteiger partial charge < -0.3 is 20.2 Å². The van der Waals surface area contributed by atoms with Crippen molar-refractivity contribution >= 4 is 23.2 Å². The molecular formula is C26H27N3O3. The maximum Gasteiger partial charge on any atom is 0.255 e. The van der Waals surface area contributed by atoms with Gasteiger partial charge in [-0.1, -0.05) is 30.3 Å². The number of benzene rings is 3. The lowest BCUT2D eigenvalue weighted by Gasteiger charge is -2.36. The minimum Gasteiger partial charge on any atom is -0.508 e. The number of phenolic OH excluding ortho intramolecular Hbond substituents is 1. The highest BCUT2D eigenvalue weighted by molar-refractivity contribution is 6.04. The topological polar surface area (TPSA) is 72.9 Å². The fourth-order valence-electron chi connectivity index (χ4n) is 3.84. The van der Waals surface area contributed by atoms with Crippen molar-refractivity contribution in [1.29, 1.82) is 0 Å². The zero-order valence-corrected chi connectivity index (χ0v) is 17.9. The van der Waals surface area contributed by atoms with Gasteiger partial charge in [0, 0.05) is 49.5 Å². The first-order valence-electron chi connectivity index (χ1n) is 10.9. The number of piperazine rings is 1. The lowest BCUT2D eigenvalue weighted by atomic mass is 10.1. The van der Waals surface area contributed by atoms with E-state index in [1.807, 2.05) is 47.4 Å². The van der Waals surface area contributed by atoms with E-state index in [0.29, 0.717) is 30.8 Å². The molecule has 6 nitrogen and oxygen atoms in total. The third kappa shape index (κ3) is 5.46. The molecule has 3 aromatic carbocycles. The number of amides is 2. The van der Waals surface area contributed by atoms with Gasteiger partial charge in [-0.3, -0.25) is 9.59 Å². The van der Waals surface area contributed by atoms with Crippen molar-refractivity contribution < 1.29 is 14.7 Å². The Balaban J connectivity index is 1.26. The van der Waals surface area contributed by atoms with Crippen LogP contribution >= 0.6 is 0 Å². The van der Waals surface area contributed by atoms with E-state index in [1.54, 1.807) is 12.1 Å². The molecule has 0 aromatic heterocycles. The lowest BCUT2D eigenvalue weighted by Crippen LogP contribution is -2.48. The monoisotopic (exact) mass is 429 g/mol. The number of hydrogen-bond acceptors (Lipinski definition) is 4. The Bertz CT molecular complexity index is 1040. The summed E-state index contributed by atoms with van der Waals surface area (Å²) in [7, 11) is 0. The average molecular weight is 430 g/mol. The Morgan fingerprint density at radius 1 is 0.812 bits per heavy atom. The van der Waals surface area contributed by atoms with Crippen molar-refractivity contribution in [2.75, 3.05) is 36.4 Å². The molecule has 0 aliphatic carbocycles. The molecule has 1 aliphatic heterocycles. The normalized spacial score (nSPS) is 13.6. The number of nitrogens with zero attached hydrogens (tertiary/aromatic N) is 2. The molecule has 1 saturated heterocycles. The molecule has 0 bridgehead atoms. The molecular weight excluding hydrogens is 402 g/mol. The van der Waals surface area contributed by atoms with Crippen LogP contribution in [0, 0.1) is 0 Å². The predicted molar refractivity (Wildman–Crippen MR) is 126 cm³/mol. The van der Waals surface area contributed by atoms with Crippen molar-refractivity contribution in [3.8, 4) is 5.75 Å². The second-order valence-corrected chi connectivity index (χ2v) is 7.90. The number of aromatic hydroxyl groups is 1. The first-order valence-corrected chi connectivity index (χ1v) is 10.9. The van der Waals surface area contributed by atoms with Gasteiger partial charge in [-0.2, -0.15) is 0 Å². The Kier molecular flexibility index (Phi) is 6.70. The smallest absolute Gasteiger partial charge is 0.255 e. The number of nitrogens with one attached hydrogen (secondary N) is 1. The quantitative estimate of drug-likeness (QED) is 0.583. The molecule has 0 radical (unpaired) electrons. The third-order valence-corrected chi connectivity index (χ3v) is 5.72. The van der Waals surface area contributed by atoms with Crippen molar-refractivity contribution in [1.82, 2.24) is 4.90 Å². The standard InChI is InChI=1S/C26H27N3O3/c30-24-13-9-22(10-14-24)27-26(32)21-7-11-23(12-8-21)28-16-18-29(19-17-28)25(31)15-6-20-4-2-1-3-5-20/h1-5,7-14,30H,6,15-19H2,(H,27,32). The van der Waals surface area contributed by atoms with Crippen LogP contribution in [-0.2, 0) is 11.2 Å². The largest absolute Gasteiger partial charge is 0.508 e. The summed E-state index contributed by atoms with van der Waals surface area (Å²) in [6.45, 7) is 2.96. The molecule has 0 atom stereocenters. The molecule has 0 saturated carbocycles. The van der Waals surface area contributed by atoms with Crippen LogP contribution < -0.4 is 10.2 Å². The Hall–Kier alpha value is -3.80. The minimum absolute atomic E-state index is 0.158. The molecule has 1 heterocycles. The second kappa shape index (κ2) is 10.0. The molecule has 6 heteroatoms. The van der Waals surface area contributed by atoms with Crippen LogP contribution in [0.1, 0.15) is 22.3 Å². The summed E-state index contributed by atoms with van der Waals surface area (Å²) in [5.41, 5.74) is 3.43. The molecule has 0 unspecified atom stereocenters. The highest BCUT2D eigenvalue weighted by Gasteiger charge is 2.21. The molecule has 164 valence electrons. The van der Waals surface area contributed by atoms with Gasteiger partial charge in [0.25, 0.3) is 5.91 Å². The summed E-state index contributed by atoms with van der Waals surface area (Å²) in [5, 5.41) is 12.2. The zero-order chi connectivity index (χ0) is 22.3. The van der Waals surface area contributed by atoms with Gasteiger partial charge >= 0.3 is 0 Å². The van der Waals surface area contributed by atoms with Gasteiger partial charge in [0.05, 0.1) is 0 Å². The molecule has 4 rings (SSSR count). The molecule has 1 fully saturated rings. The van der Waals surface area contributed by atoms with Gasteiger partial charge in [0.15, 0.2) is 0 Å².